The lowest BCUT2D eigenvalue weighted by atomic mass is 10.1. The Hall–Kier alpha value is -0.120. The van der Waals surface area contributed by atoms with E-state index in [1.807, 2.05) is 0 Å². The molecule has 1 unspecified atom stereocenters. The minimum Gasteiger partial charge on any atom is -0.328 e. The molecule has 3 heteroatoms. The summed E-state index contributed by atoms with van der Waals surface area (Å²) in [5.74, 6) is 0. The van der Waals surface area contributed by atoms with E-state index in [4.69, 9.17) is 5.73 Å². The molecule has 0 amide bonds. The van der Waals surface area contributed by atoms with Crippen molar-refractivity contribution in [2.45, 2.75) is 25.3 Å². The van der Waals surface area contributed by atoms with E-state index in [2.05, 4.69) is 10.9 Å². The van der Waals surface area contributed by atoms with Crippen molar-refractivity contribution in [1.82, 2.24) is 10.9 Å². The molecule has 1 aliphatic heterocycles. The van der Waals surface area contributed by atoms with Gasteiger partial charge in [0.05, 0.1) is 0 Å². The van der Waals surface area contributed by atoms with Crippen molar-refractivity contribution in [3.05, 3.63) is 0 Å². The first-order valence-corrected chi connectivity index (χ1v) is 3.61. The van der Waals surface area contributed by atoms with Crippen LogP contribution in [0.1, 0.15) is 19.3 Å². The maximum absolute atomic E-state index is 5.74. The zero-order valence-electron chi connectivity index (χ0n) is 5.69. The molecule has 4 N–H and O–H groups in total. The Bertz CT molecular complexity index is 66.7. The van der Waals surface area contributed by atoms with Crippen molar-refractivity contribution in [3.63, 3.8) is 0 Å². The Morgan fingerprint density at radius 3 is 2.78 bits per heavy atom. The molecule has 1 heterocycles. The summed E-state index contributed by atoms with van der Waals surface area (Å²) in [5.41, 5.74) is 11.9. The molecule has 0 spiro atoms. The van der Waals surface area contributed by atoms with E-state index in [0.29, 0.717) is 6.04 Å². The fraction of sp³-hybridized carbons (Fsp3) is 1.00. The van der Waals surface area contributed by atoms with Gasteiger partial charge >= 0.3 is 0 Å². The van der Waals surface area contributed by atoms with Crippen molar-refractivity contribution in [1.29, 1.82) is 0 Å². The molecule has 0 saturated carbocycles. The van der Waals surface area contributed by atoms with Crippen molar-refractivity contribution in [2.24, 2.45) is 5.73 Å². The Morgan fingerprint density at radius 1 is 1.11 bits per heavy atom. The van der Waals surface area contributed by atoms with Gasteiger partial charge < -0.3 is 5.73 Å². The molecule has 1 atom stereocenters. The molecule has 1 fully saturated rings. The second-order valence-electron chi connectivity index (χ2n) is 2.54. The van der Waals surface area contributed by atoms with Gasteiger partial charge in [0.15, 0.2) is 0 Å². The molecule has 54 valence electrons. The van der Waals surface area contributed by atoms with Gasteiger partial charge in [-0.3, -0.25) is 10.9 Å². The van der Waals surface area contributed by atoms with Gasteiger partial charge in [-0.25, -0.2) is 0 Å². The minimum absolute atomic E-state index is 0.416. The Labute approximate surface area is 56.0 Å². The standard InChI is InChI=1S/C6H15N3/c7-6-2-1-4-8-9-5-3-6/h6,8-9H,1-5,7H2. The van der Waals surface area contributed by atoms with Crippen LogP contribution in [0.3, 0.4) is 0 Å². The minimum atomic E-state index is 0.416. The van der Waals surface area contributed by atoms with Crippen molar-refractivity contribution in [3.8, 4) is 0 Å². The summed E-state index contributed by atoms with van der Waals surface area (Å²) in [6.45, 7) is 2.05. The fourth-order valence-electron chi connectivity index (χ4n) is 1.03. The van der Waals surface area contributed by atoms with Crippen molar-refractivity contribution >= 4 is 0 Å². The number of nitrogens with one attached hydrogen (secondary N) is 2. The Morgan fingerprint density at radius 2 is 1.89 bits per heavy atom. The second-order valence-corrected chi connectivity index (χ2v) is 2.54. The zero-order chi connectivity index (χ0) is 6.53. The molecule has 1 aliphatic rings. The highest BCUT2D eigenvalue weighted by atomic mass is 15.3. The second kappa shape index (κ2) is 3.82. The number of hydrogen-bond donors (Lipinski definition) is 3. The predicted octanol–water partition coefficient (Wildman–Crippen LogP) is -0.408. The quantitative estimate of drug-likeness (QED) is 0.417. The number of hydrazine groups is 1. The zero-order valence-corrected chi connectivity index (χ0v) is 5.69. The Balaban J connectivity index is 2.12. The molecule has 0 radical (unpaired) electrons. The van der Waals surface area contributed by atoms with E-state index in [9.17, 15) is 0 Å². The van der Waals surface area contributed by atoms with E-state index < -0.39 is 0 Å². The number of rotatable bonds is 0. The van der Waals surface area contributed by atoms with Gasteiger partial charge in [-0.15, -0.1) is 0 Å². The summed E-state index contributed by atoms with van der Waals surface area (Å²) in [4.78, 5) is 0. The Kier molecular flexibility index (Phi) is 2.97. The molecule has 0 bridgehead atoms. The lowest BCUT2D eigenvalue weighted by molar-refractivity contribution is 0.420. The molecule has 0 aromatic carbocycles. The SMILES string of the molecule is NC1CCCNNCC1. The fourth-order valence-corrected chi connectivity index (χ4v) is 1.03. The summed E-state index contributed by atoms with van der Waals surface area (Å²) in [5, 5.41) is 0. The van der Waals surface area contributed by atoms with E-state index in [0.717, 1.165) is 25.9 Å². The van der Waals surface area contributed by atoms with Crippen LogP contribution in [-0.2, 0) is 0 Å². The van der Waals surface area contributed by atoms with Crippen LogP contribution >= 0.6 is 0 Å². The number of hydrogen-bond acceptors (Lipinski definition) is 3. The van der Waals surface area contributed by atoms with Crippen LogP contribution < -0.4 is 16.6 Å². The maximum Gasteiger partial charge on any atom is 0.0114 e. The first kappa shape index (κ1) is 6.99. The van der Waals surface area contributed by atoms with Gasteiger partial charge in [0.25, 0.3) is 0 Å². The van der Waals surface area contributed by atoms with Gasteiger partial charge in [-0.05, 0) is 19.3 Å². The molecule has 9 heavy (non-hydrogen) atoms. The van der Waals surface area contributed by atoms with Crippen molar-refractivity contribution in [2.75, 3.05) is 13.1 Å². The lowest BCUT2D eigenvalue weighted by Crippen LogP contribution is -2.39. The largest absolute Gasteiger partial charge is 0.328 e. The van der Waals surface area contributed by atoms with Crippen LogP contribution in [0.25, 0.3) is 0 Å². The average Bonchev–Trinajstić information content (AvgIpc) is 1.79. The van der Waals surface area contributed by atoms with E-state index in [1.54, 1.807) is 0 Å². The van der Waals surface area contributed by atoms with Gasteiger partial charge in [-0.2, -0.15) is 0 Å². The summed E-state index contributed by atoms with van der Waals surface area (Å²) >= 11 is 0. The van der Waals surface area contributed by atoms with E-state index >= 15 is 0 Å². The summed E-state index contributed by atoms with van der Waals surface area (Å²) < 4.78 is 0. The van der Waals surface area contributed by atoms with Gasteiger partial charge in [-0.1, -0.05) is 0 Å². The van der Waals surface area contributed by atoms with Gasteiger partial charge in [0.2, 0.25) is 0 Å². The smallest absolute Gasteiger partial charge is 0.0114 e. The number of nitrogens with two attached hydrogens (primary N) is 1. The van der Waals surface area contributed by atoms with Crippen LogP contribution in [0.5, 0.6) is 0 Å². The highest BCUT2D eigenvalue weighted by Gasteiger charge is 2.03. The highest BCUT2D eigenvalue weighted by Crippen LogP contribution is 1.98. The van der Waals surface area contributed by atoms with E-state index in [-0.39, 0.29) is 0 Å². The molecule has 1 saturated heterocycles. The molecule has 0 aromatic heterocycles. The third kappa shape index (κ3) is 2.79. The summed E-state index contributed by atoms with van der Waals surface area (Å²) in [6.07, 6.45) is 3.44. The average molecular weight is 129 g/mol. The first-order valence-electron chi connectivity index (χ1n) is 3.61. The molecular weight excluding hydrogens is 114 g/mol. The summed E-state index contributed by atoms with van der Waals surface area (Å²) in [7, 11) is 0. The molecule has 3 nitrogen and oxygen atoms in total. The lowest BCUT2D eigenvalue weighted by Gasteiger charge is -2.16. The third-order valence-corrected chi connectivity index (χ3v) is 1.64. The molecule has 1 rings (SSSR count). The highest BCUT2D eigenvalue weighted by molar-refractivity contribution is 4.65. The van der Waals surface area contributed by atoms with Crippen LogP contribution in [0.15, 0.2) is 0 Å². The predicted molar refractivity (Wildman–Crippen MR) is 37.8 cm³/mol. The van der Waals surface area contributed by atoms with Crippen molar-refractivity contribution < 1.29 is 0 Å². The van der Waals surface area contributed by atoms with Crippen LogP contribution in [0.4, 0.5) is 0 Å². The maximum atomic E-state index is 5.74. The first-order chi connectivity index (χ1) is 4.39. The van der Waals surface area contributed by atoms with Crippen LogP contribution in [0, 0.1) is 0 Å². The third-order valence-electron chi connectivity index (χ3n) is 1.64. The van der Waals surface area contributed by atoms with Crippen LogP contribution in [0.2, 0.25) is 0 Å². The van der Waals surface area contributed by atoms with E-state index in [1.165, 1.54) is 6.42 Å². The van der Waals surface area contributed by atoms with Crippen LogP contribution in [-0.4, -0.2) is 19.1 Å². The van der Waals surface area contributed by atoms with Gasteiger partial charge in [0, 0.05) is 19.1 Å². The molecular formula is C6H15N3. The normalized spacial score (nSPS) is 31.0. The molecule has 0 aromatic rings. The monoisotopic (exact) mass is 129 g/mol. The molecule has 0 aliphatic carbocycles. The topological polar surface area (TPSA) is 50.1 Å². The summed E-state index contributed by atoms with van der Waals surface area (Å²) in [6, 6.07) is 0.416. The van der Waals surface area contributed by atoms with Gasteiger partial charge in [0.1, 0.15) is 0 Å².